The van der Waals surface area contributed by atoms with Crippen molar-refractivity contribution in [3.8, 4) is 0 Å². The van der Waals surface area contributed by atoms with Crippen LogP contribution < -0.4 is 5.32 Å². The van der Waals surface area contributed by atoms with Crippen LogP contribution in [-0.2, 0) is 16.4 Å². The minimum atomic E-state index is -3.29. The molecule has 0 aliphatic heterocycles. The normalized spacial score (nSPS) is 19.5. The summed E-state index contributed by atoms with van der Waals surface area (Å²) >= 11 is 0. The molecule has 1 saturated carbocycles. The number of nitrogens with one attached hydrogen (secondary N) is 1. The molecule has 4 rings (SSSR count). The van der Waals surface area contributed by atoms with Crippen LogP contribution in [0.5, 0.6) is 0 Å². The predicted molar refractivity (Wildman–Crippen MR) is 116 cm³/mol. The molecular weight excluding hydrogens is 419 g/mol. The highest BCUT2D eigenvalue weighted by Crippen LogP contribution is 2.27. The summed E-state index contributed by atoms with van der Waals surface area (Å²) in [6.07, 6.45) is 5.37. The number of nitrogens with zero attached hydrogens (tertiary/aromatic N) is 1. The molecule has 0 unspecified atom stereocenters. The largest absolute Gasteiger partial charge is 0.391 e. The Bertz CT molecular complexity index is 1220. The van der Waals surface area contributed by atoms with Gasteiger partial charge in [-0.2, -0.15) is 0 Å². The second-order valence-corrected chi connectivity index (χ2v) is 10.2. The van der Waals surface area contributed by atoms with Crippen molar-refractivity contribution in [2.45, 2.75) is 49.3 Å². The molecule has 0 bridgehead atoms. The maximum absolute atomic E-state index is 14.7. The summed E-state index contributed by atoms with van der Waals surface area (Å²) in [6.45, 7) is 0.351. The number of aliphatic hydroxyl groups excluding tert-OH is 1. The van der Waals surface area contributed by atoms with E-state index >= 15 is 0 Å². The molecule has 1 heterocycles. The Morgan fingerprint density at radius 1 is 1.16 bits per heavy atom. The van der Waals surface area contributed by atoms with E-state index in [2.05, 4.69) is 5.32 Å². The first kappa shape index (κ1) is 21.5. The molecule has 1 aliphatic carbocycles. The van der Waals surface area contributed by atoms with Crippen LogP contribution in [0.25, 0.3) is 10.9 Å². The second-order valence-electron chi connectivity index (χ2n) is 8.15. The minimum Gasteiger partial charge on any atom is -0.391 e. The summed E-state index contributed by atoms with van der Waals surface area (Å²) in [7, 11) is -3.29. The van der Waals surface area contributed by atoms with E-state index in [-0.39, 0.29) is 21.9 Å². The Hall–Kier alpha value is -2.71. The molecule has 1 amide bonds. The Balaban J connectivity index is 1.66. The third kappa shape index (κ3) is 4.50. The highest BCUT2D eigenvalue weighted by atomic mass is 32.2. The molecule has 31 heavy (non-hydrogen) atoms. The fourth-order valence-electron chi connectivity index (χ4n) is 4.18. The van der Waals surface area contributed by atoms with E-state index in [1.165, 1.54) is 18.2 Å². The topological polar surface area (TPSA) is 88.4 Å². The standard InChI is InChI=1S/C23H25FN2O4S/c1-31(29,30)16-11-9-15(10-12-16)13-26-14-17(22-18(24)5-4-7-20(22)26)23(28)25-19-6-2-3-8-21(19)27/h4-5,7,9-12,14,19,21,27H,2-3,6,8,13H2,1H3,(H,25,28)/t19-,21-/m0/s1. The van der Waals surface area contributed by atoms with Gasteiger partial charge in [0.1, 0.15) is 5.82 Å². The predicted octanol–water partition coefficient (Wildman–Crippen LogP) is 3.27. The highest BCUT2D eigenvalue weighted by molar-refractivity contribution is 7.90. The molecule has 8 heteroatoms. The smallest absolute Gasteiger partial charge is 0.253 e. The van der Waals surface area contributed by atoms with Gasteiger partial charge in [0.25, 0.3) is 5.91 Å². The SMILES string of the molecule is CS(=O)(=O)c1ccc(Cn2cc(C(=O)N[C@H]3CCCC[C@@H]3O)c3c(F)cccc32)cc1. The molecule has 0 radical (unpaired) electrons. The average molecular weight is 445 g/mol. The number of aromatic nitrogens is 1. The van der Waals surface area contributed by atoms with Gasteiger partial charge in [-0.1, -0.05) is 31.0 Å². The van der Waals surface area contributed by atoms with Crippen molar-refractivity contribution in [2.75, 3.05) is 6.26 Å². The zero-order valence-electron chi connectivity index (χ0n) is 17.2. The lowest BCUT2D eigenvalue weighted by Gasteiger charge is -2.28. The lowest BCUT2D eigenvalue weighted by atomic mass is 9.92. The van der Waals surface area contributed by atoms with Crippen molar-refractivity contribution in [3.63, 3.8) is 0 Å². The number of fused-ring (bicyclic) bond motifs is 1. The summed E-state index contributed by atoms with van der Waals surface area (Å²) in [5.74, 6) is -0.898. The Morgan fingerprint density at radius 2 is 1.87 bits per heavy atom. The van der Waals surface area contributed by atoms with Crippen LogP contribution in [0.4, 0.5) is 4.39 Å². The zero-order valence-corrected chi connectivity index (χ0v) is 18.0. The first-order chi connectivity index (χ1) is 14.7. The van der Waals surface area contributed by atoms with Gasteiger partial charge in [-0.3, -0.25) is 4.79 Å². The first-order valence-corrected chi connectivity index (χ1v) is 12.2. The Morgan fingerprint density at radius 3 is 2.55 bits per heavy atom. The van der Waals surface area contributed by atoms with E-state index in [4.69, 9.17) is 0 Å². The maximum atomic E-state index is 14.7. The number of aliphatic hydroxyl groups is 1. The first-order valence-electron chi connectivity index (χ1n) is 10.3. The second kappa shape index (κ2) is 8.43. The molecule has 6 nitrogen and oxygen atoms in total. The number of benzene rings is 2. The molecule has 1 aliphatic rings. The summed E-state index contributed by atoms with van der Waals surface area (Å²) in [6, 6.07) is 10.8. The lowest BCUT2D eigenvalue weighted by molar-refractivity contribution is 0.0718. The van der Waals surface area contributed by atoms with Gasteiger partial charge in [-0.05, 0) is 42.7 Å². The molecule has 3 aromatic rings. The number of rotatable bonds is 5. The minimum absolute atomic E-state index is 0.221. The number of hydrogen-bond acceptors (Lipinski definition) is 4. The van der Waals surface area contributed by atoms with Gasteiger partial charge in [0, 0.05) is 24.4 Å². The Kier molecular flexibility index (Phi) is 5.85. The van der Waals surface area contributed by atoms with Gasteiger partial charge in [0.15, 0.2) is 9.84 Å². The van der Waals surface area contributed by atoms with E-state index in [9.17, 15) is 22.7 Å². The van der Waals surface area contributed by atoms with Crippen molar-refractivity contribution in [1.82, 2.24) is 9.88 Å². The molecule has 2 aromatic carbocycles. The van der Waals surface area contributed by atoms with Crippen molar-refractivity contribution >= 4 is 26.6 Å². The van der Waals surface area contributed by atoms with E-state index in [0.717, 1.165) is 24.7 Å². The summed E-state index contributed by atoms with van der Waals surface area (Å²) in [5, 5.41) is 13.3. The third-order valence-electron chi connectivity index (χ3n) is 5.85. The number of carbonyl (C=O) groups excluding carboxylic acids is 1. The van der Waals surface area contributed by atoms with Crippen LogP contribution in [0.15, 0.2) is 53.6 Å². The monoisotopic (exact) mass is 444 g/mol. The molecule has 1 fully saturated rings. The summed E-state index contributed by atoms with van der Waals surface area (Å²) in [5.41, 5.74) is 1.61. The van der Waals surface area contributed by atoms with E-state index in [0.29, 0.717) is 24.9 Å². The van der Waals surface area contributed by atoms with Crippen LogP contribution in [-0.4, -0.2) is 42.4 Å². The van der Waals surface area contributed by atoms with Gasteiger partial charge in [-0.15, -0.1) is 0 Å². The molecule has 0 spiro atoms. The Labute approximate surface area is 180 Å². The molecule has 164 valence electrons. The van der Waals surface area contributed by atoms with Crippen molar-refractivity contribution in [1.29, 1.82) is 0 Å². The molecule has 0 saturated heterocycles. The number of amides is 1. The van der Waals surface area contributed by atoms with Crippen molar-refractivity contribution in [3.05, 3.63) is 65.6 Å². The van der Waals surface area contributed by atoms with Crippen LogP contribution in [0.2, 0.25) is 0 Å². The number of sulfone groups is 1. The zero-order chi connectivity index (χ0) is 22.2. The summed E-state index contributed by atoms with van der Waals surface area (Å²) < 4.78 is 39.8. The third-order valence-corrected chi connectivity index (χ3v) is 6.98. The average Bonchev–Trinajstić information content (AvgIpc) is 3.09. The molecular formula is C23H25FN2O4S. The molecule has 2 atom stereocenters. The van der Waals surface area contributed by atoms with Gasteiger partial charge in [0.05, 0.1) is 28.1 Å². The fourth-order valence-corrected chi connectivity index (χ4v) is 4.81. The quantitative estimate of drug-likeness (QED) is 0.632. The number of carbonyl (C=O) groups is 1. The van der Waals surface area contributed by atoms with Crippen LogP contribution in [0, 0.1) is 5.82 Å². The lowest BCUT2D eigenvalue weighted by Crippen LogP contribution is -2.45. The molecule has 2 N–H and O–H groups in total. The van der Waals surface area contributed by atoms with Crippen molar-refractivity contribution < 1.29 is 22.7 Å². The van der Waals surface area contributed by atoms with Gasteiger partial charge in [0.2, 0.25) is 0 Å². The number of hydrogen-bond donors (Lipinski definition) is 2. The maximum Gasteiger partial charge on any atom is 0.253 e. The van der Waals surface area contributed by atoms with E-state index in [1.54, 1.807) is 35.0 Å². The van der Waals surface area contributed by atoms with Gasteiger partial charge < -0.3 is 15.0 Å². The number of halogens is 1. The summed E-state index contributed by atoms with van der Waals surface area (Å²) in [4.78, 5) is 13.2. The highest BCUT2D eigenvalue weighted by Gasteiger charge is 2.27. The molecule has 1 aromatic heterocycles. The van der Waals surface area contributed by atoms with Gasteiger partial charge in [-0.25, -0.2) is 12.8 Å². The van der Waals surface area contributed by atoms with E-state index in [1.807, 2.05) is 0 Å². The van der Waals surface area contributed by atoms with E-state index < -0.39 is 27.7 Å². The van der Waals surface area contributed by atoms with Crippen LogP contribution in [0.1, 0.15) is 41.6 Å². The van der Waals surface area contributed by atoms with Crippen LogP contribution >= 0.6 is 0 Å². The van der Waals surface area contributed by atoms with Crippen molar-refractivity contribution in [2.24, 2.45) is 0 Å². The van der Waals surface area contributed by atoms with Gasteiger partial charge >= 0.3 is 0 Å². The fraction of sp³-hybridized carbons (Fsp3) is 0.348. The van der Waals surface area contributed by atoms with Crippen LogP contribution in [0.3, 0.4) is 0 Å².